The Balaban J connectivity index is 3.37. The number of unbranched alkanes of at least 4 members (excludes halogenated alkanes) is 4. The molecule has 0 rings (SSSR count). The lowest BCUT2D eigenvalue weighted by Gasteiger charge is -2.02. The fraction of sp³-hybridized carbons (Fsp3) is 0.750. The second kappa shape index (κ2) is 9.71. The predicted octanol–water partition coefficient (Wildman–Crippen LogP) is 2.74. The van der Waals surface area contributed by atoms with Gasteiger partial charge in [0.05, 0.1) is 6.10 Å². The molecular formula is C12H22O3. The Morgan fingerprint density at radius 2 is 2.07 bits per heavy atom. The maximum absolute atomic E-state index is 10.2. The van der Waals surface area contributed by atoms with E-state index < -0.39 is 12.1 Å². The van der Waals surface area contributed by atoms with Crippen molar-refractivity contribution < 1.29 is 15.0 Å². The van der Waals surface area contributed by atoms with Gasteiger partial charge in [0.15, 0.2) is 0 Å². The molecule has 0 aromatic carbocycles. The van der Waals surface area contributed by atoms with E-state index in [1.165, 1.54) is 19.3 Å². The van der Waals surface area contributed by atoms with Crippen molar-refractivity contribution in [1.29, 1.82) is 0 Å². The van der Waals surface area contributed by atoms with Crippen LogP contribution in [-0.2, 0) is 4.79 Å². The standard InChI is InChI=1S/C12H22O3/c1-2-3-4-5-6-7-8-11(13)9-10-12(14)15/h7-8,11,13H,2-6,9-10H2,1H3,(H,14,15). The minimum absolute atomic E-state index is 0.0291. The molecule has 1 unspecified atom stereocenters. The first-order chi connectivity index (χ1) is 7.16. The number of carboxylic acid groups (broad SMARTS) is 1. The van der Waals surface area contributed by atoms with Crippen LogP contribution in [0.3, 0.4) is 0 Å². The number of allylic oxidation sites excluding steroid dienone is 1. The van der Waals surface area contributed by atoms with Gasteiger partial charge in [-0.1, -0.05) is 38.3 Å². The van der Waals surface area contributed by atoms with Gasteiger partial charge in [0.2, 0.25) is 0 Å². The van der Waals surface area contributed by atoms with Gasteiger partial charge in [0, 0.05) is 6.42 Å². The van der Waals surface area contributed by atoms with E-state index in [-0.39, 0.29) is 6.42 Å². The van der Waals surface area contributed by atoms with Gasteiger partial charge >= 0.3 is 5.97 Å². The predicted molar refractivity (Wildman–Crippen MR) is 60.8 cm³/mol. The monoisotopic (exact) mass is 214 g/mol. The van der Waals surface area contributed by atoms with E-state index >= 15 is 0 Å². The fourth-order valence-corrected chi connectivity index (χ4v) is 1.31. The number of aliphatic hydroxyl groups is 1. The Kier molecular flexibility index (Phi) is 9.18. The first kappa shape index (κ1) is 14.2. The molecule has 15 heavy (non-hydrogen) atoms. The number of carboxylic acids is 1. The van der Waals surface area contributed by atoms with Crippen LogP contribution in [-0.4, -0.2) is 22.3 Å². The lowest BCUT2D eigenvalue weighted by molar-refractivity contribution is -0.137. The van der Waals surface area contributed by atoms with E-state index in [1.54, 1.807) is 6.08 Å². The summed E-state index contributed by atoms with van der Waals surface area (Å²) in [4.78, 5) is 10.2. The van der Waals surface area contributed by atoms with Crippen molar-refractivity contribution in [3.05, 3.63) is 12.2 Å². The average molecular weight is 214 g/mol. The normalized spacial score (nSPS) is 13.2. The van der Waals surface area contributed by atoms with Crippen LogP contribution in [0.15, 0.2) is 12.2 Å². The summed E-state index contributed by atoms with van der Waals surface area (Å²) in [7, 11) is 0. The molecule has 0 amide bonds. The molecule has 0 saturated carbocycles. The molecule has 0 aromatic rings. The summed E-state index contributed by atoms with van der Waals surface area (Å²) in [5.41, 5.74) is 0. The average Bonchev–Trinajstić information content (AvgIpc) is 2.20. The zero-order valence-corrected chi connectivity index (χ0v) is 9.48. The van der Waals surface area contributed by atoms with Crippen LogP contribution in [0.5, 0.6) is 0 Å². The van der Waals surface area contributed by atoms with Crippen LogP contribution in [0.2, 0.25) is 0 Å². The summed E-state index contributed by atoms with van der Waals surface area (Å²) >= 11 is 0. The van der Waals surface area contributed by atoms with E-state index in [0.29, 0.717) is 6.42 Å². The summed E-state index contributed by atoms with van der Waals surface area (Å²) in [6, 6.07) is 0. The summed E-state index contributed by atoms with van der Waals surface area (Å²) in [6.07, 6.45) is 9.22. The van der Waals surface area contributed by atoms with Gasteiger partial charge in [-0.15, -0.1) is 0 Å². The molecule has 0 saturated heterocycles. The Hall–Kier alpha value is -0.830. The Morgan fingerprint density at radius 3 is 2.67 bits per heavy atom. The van der Waals surface area contributed by atoms with Crippen molar-refractivity contribution in [1.82, 2.24) is 0 Å². The zero-order valence-electron chi connectivity index (χ0n) is 9.48. The number of hydrogen-bond donors (Lipinski definition) is 2. The van der Waals surface area contributed by atoms with Crippen molar-refractivity contribution in [2.24, 2.45) is 0 Å². The molecule has 2 N–H and O–H groups in total. The molecule has 3 nitrogen and oxygen atoms in total. The molecule has 0 radical (unpaired) electrons. The topological polar surface area (TPSA) is 57.5 Å². The SMILES string of the molecule is CCCCCCC=CC(O)CCC(=O)O. The van der Waals surface area contributed by atoms with Crippen molar-refractivity contribution >= 4 is 5.97 Å². The molecule has 0 fully saturated rings. The molecule has 0 aliphatic carbocycles. The first-order valence-electron chi connectivity index (χ1n) is 5.73. The highest BCUT2D eigenvalue weighted by Crippen LogP contribution is 2.04. The summed E-state index contributed by atoms with van der Waals surface area (Å²) in [5, 5.41) is 17.7. The smallest absolute Gasteiger partial charge is 0.303 e. The molecule has 0 heterocycles. The molecule has 1 atom stereocenters. The fourth-order valence-electron chi connectivity index (χ4n) is 1.31. The Labute approximate surface area is 91.8 Å². The van der Waals surface area contributed by atoms with Crippen LogP contribution in [0, 0.1) is 0 Å². The molecule has 88 valence electrons. The Morgan fingerprint density at radius 1 is 1.33 bits per heavy atom. The highest BCUT2D eigenvalue weighted by atomic mass is 16.4. The van der Waals surface area contributed by atoms with Crippen LogP contribution in [0.1, 0.15) is 51.9 Å². The number of carbonyl (C=O) groups is 1. The minimum Gasteiger partial charge on any atom is -0.481 e. The third kappa shape index (κ3) is 11.1. The lowest BCUT2D eigenvalue weighted by Crippen LogP contribution is -2.05. The maximum atomic E-state index is 10.2. The second-order valence-corrected chi connectivity index (χ2v) is 3.78. The lowest BCUT2D eigenvalue weighted by atomic mass is 10.1. The van der Waals surface area contributed by atoms with E-state index in [1.807, 2.05) is 6.08 Å². The van der Waals surface area contributed by atoms with Crippen molar-refractivity contribution in [3.8, 4) is 0 Å². The van der Waals surface area contributed by atoms with Crippen molar-refractivity contribution in [3.63, 3.8) is 0 Å². The summed E-state index contributed by atoms with van der Waals surface area (Å²) < 4.78 is 0. The number of hydrogen-bond acceptors (Lipinski definition) is 2. The van der Waals surface area contributed by atoms with Crippen molar-refractivity contribution in [2.75, 3.05) is 0 Å². The van der Waals surface area contributed by atoms with E-state index in [9.17, 15) is 9.90 Å². The van der Waals surface area contributed by atoms with Crippen LogP contribution in [0.25, 0.3) is 0 Å². The zero-order chi connectivity index (χ0) is 11.5. The highest BCUT2D eigenvalue weighted by molar-refractivity contribution is 5.66. The quantitative estimate of drug-likeness (QED) is 0.458. The van der Waals surface area contributed by atoms with Gasteiger partial charge in [0.25, 0.3) is 0 Å². The molecular weight excluding hydrogens is 192 g/mol. The number of aliphatic hydroxyl groups excluding tert-OH is 1. The van der Waals surface area contributed by atoms with Gasteiger partial charge in [-0.3, -0.25) is 4.79 Å². The largest absolute Gasteiger partial charge is 0.481 e. The maximum Gasteiger partial charge on any atom is 0.303 e. The Bertz CT molecular complexity index is 187. The van der Waals surface area contributed by atoms with Gasteiger partial charge in [-0.05, 0) is 19.3 Å². The summed E-state index contributed by atoms with van der Waals surface area (Å²) in [5.74, 6) is -0.856. The van der Waals surface area contributed by atoms with Gasteiger partial charge in [-0.2, -0.15) is 0 Å². The third-order valence-corrected chi connectivity index (χ3v) is 2.24. The van der Waals surface area contributed by atoms with Crippen LogP contribution >= 0.6 is 0 Å². The first-order valence-corrected chi connectivity index (χ1v) is 5.73. The second-order valence-electron chi connectivity index (χ2n) is 3.78. The molecule has 0 aliphatic rings. The van der Waals surface area contributed by atoms with E-state index in [2.05, 4.69) is 6.92 Å². The minimum atomic E-state index is -0.856. The van der Waals surface area contributed by atoms with Gasteiger partial charge in [-0.25, -0.2) is 0 Å². The molecule has 0 aliphatic heterocycles. The number of aliphatic carboxylic acids is 1. The molecule has 0 aromatic heterocycles. The van der Waals surface area contributed by atoms with E-state index in [0.717, 1.165) is 12.8 Å². The highest BCUT2D eigenvalue weighted by Gasteiger charge is 2.02. The number of rotatable bonds is 9. The van der Waals surface area contributed by atoms with Crippen LogP contribution in [0.4, 0.5) is 0 Å². The van der Waals surface area contributed by atoms with E-state index in [4.69, 9.17) is 5.11 Å². The molecule has 3 heteroatoms. The van der Waals surface area contributed by atoms with Gasteiger partial charge < -0.3 is 10.2 Å². The van der Waals surface area contributed by atoms with Crippen LogP contribution < -0.4 is 0 Å². The third-order valence-electron chi connectivity index (χ3n) is 2.24. The summed E-state index contributed by atoms with van der Waals surface area (Å²) in [6.45, 7) is 2.17. The van der Waals surface area contributed by atoms with Gasteiger partial charge in [0.1, 0.15) is 0 Å². The molecule has 0 spiro atoms. The molecule has 0 bridgehead atoms. The van der Waals surface area contributed by atoms with Crippen molar-refractivity contribution in [2.45, 2.75) is 58.0 Å².